The Kier molecular flexibility index (Phi) is 4.28. The number of nitrogens with one attached hydrogen (secondary N) is 1. The molecular formula is C14H13Cl2NO2S. The van der Waals surface area contributed by atoms with Crippen LogP contribution in [-0.2, 0) is 10.0 Å². The molecule has 0 spiro atoms. The SMILES string of the molecule is Cc1ccc(S(=O)(=O)Nc2ccc(Cl)c(C)c2Cl)cc1. The van der Waals surface area contributed by atoms with Crippen LogP contribution >= 0.6 is 23.2 Å². The van der Waals surface area contributed by atoms with Gasteiger partial charge in [0.05, 0.1) is 15.6 Å². The van der Waals surface area contributed by atoms with Gasteiger partial charge in [-0.05, 0) is 43.7 Å². The fourth-order valence-electron chi connectivity index (χ4n) is 1.66. The van der Waals surface area contributed by atoms with Crippen molar-refractivity contribution in [2.45, 2.75) is 18.7 Å². The lowest BCUT2D eigenvalue weighted by molar-refractivity contribution is 0.601. The lowest BCUT2D eigenvalue weighted by Crippen LogP contribution is -2.13. The van der Waals surface area contributed by atoms with E-state index >= 15 is 0 Å². The fourth-order valence-corrected chi connectivity index (χ4v) is 3.21. The van der Waals surface area contributed by atoms with Crippen molar-refractivity contribution in [2.24, 2.45) is 0 Å². The first-order chi connectivity index (χ1) is 9.31. The van der Waals surface area contributed by atoms with E-state index in [9.17, 15) is 8.42 Å². The minimum Gasteiger partial charge on any atom is -0.278 e. The van der Waals surface area contributed by atoms with Gasteiger partial charge in [0, 0.05) is 5.02 Å². The Morgan fingerprint density at radius 2 is 1.55 bits per heavy atom. The van der Waals surface area contributed by atoms with Crippen LogP contribution in [0.2, 0.25) is 10.0 Å². The number of anilines is 1. The van der Waals surface area contributed by atoms with E-state index in [-0.39, 0.29) is 4.90 Å². The van der Waals surface area contributed by atoms with Gasteiger partial charge in [0.25, 0.3) is 10.0 Å². The van der Waals surface area contributed by atoms with Crippen LogP contribution < -0.4 is 4.72 Å². The third-order valence-corrected chi connectivity index (χ3v) is 5.17. The van der Waals surface area contributed by atoms with Gasteiger partial charge in [0.15, 0.2) is 0 Å². The van der Waals surface area contributed by atoms with Crippen molar-refractivity contribution < 1.29 is 8.42 Å². The van der Waals surface area contributed by atoms with Crippen molar-refractivity contribution in [1.82, 2.24) is 0 Å². The maximum absolute atomic E-state index is 12.3. The molecule has 0 aliphatic heterocycles. The number of benzene rings is 2. The van der Waals surface area contributed by atoms with E-state index < -0.39 is 10.0 Å². The van der Waals surface area contributed by atoms with Crippen molar-refractivity contribution in [2.75, 3.05) is 4.72 Å². The first kappa shape index (κ1) is 15.2. The van der Waals surface area contributed by atoms with Crippen LogP contribution in [0.1, 0.15) is 11.1 Å². The summed E-state index contributed by atoms with van der Waals surface area (Å²) >= 11 is 12.0. The summed E-state index contributed by atoms with van der Waals surface area (Å²) < 4.78 is 27.0. The predicted octanol–water partition coefficient (Wildman–Crippen LogP) is 4.41. The van der Waals surface area contributed by atoms with Crippen molar-refractivity contribution in [3.05, 3.63) is 57.6 Å². The number of hydrogen-bond acceptors (Lipinski definition) is 2. The third-order valence-electron chi connectivity index (χ3n) is 2.90. The molecule has 0 saturated carbocycles. The van der Waals surface area contributed by atoms with Crippen molar-refractivity contribution in [3.8, 4) is 0 Å². The molecule has 2 aromatic rings. The summed E-state index contributed by atoms with van der Waals surface area (Å²) in [6.07, 6.45) is 0. The average molecular weight is 330 g/mol. The summed E-state index contributed by atoms with van der Waals surface area (Å²) in [6.45, 7) is 3.62. The van der Waals surface area contributed by atoms with E-state index in [1.807, 2.05) is 6.92 Å². The zero-order valence-corrected chi connectivity index (χ0v) is 13.3. The van der Waals surface area contributed by atoms with Crippen LogP contribution in [0.3, 0.4) is 0 Å². The Balaban J connectivity index is 2.38. The number of hydrogen-bond donors (Lipinski definition) is 1. The summed E-state index contributed by atoms with van der Waals surface area (Å²) in [4.78, 5) is 0.187. The third kappa shape index (κ3) is 3.08. The van der Waals surface area contributed by atoms with Gasteiger partial charge < -0.3 is 0 Å². The molecule has 0 heterocycles. The number of sulfonamides is 1. The predicted molar refractivity (Wildman–Crippen MR) is 83.2 cm³/mol. The summed E-state index contributed by atoms with van der Waals surface area (Å²) in [6, 6.07) is 9.73. The molecule has 106 valence electrons. The van der Waals surface area contributed by atoms with E-state index in [0.717, 1.165) is 5.56 Å². The van der Waals surface area contributed by atoms with Crippen LogP contribution in [0, 0.1) is 13.8 Å². The molecule has 0 amide bonds. The normalized spacial score (nSPS) is 11.4. The minimum absolute atomic E-state index is 0.187. The summed E-state index contributed by atoms with van der Waals surface area (Å²) in [5.41, 5.74) is 1.94. The zero-order valence-electron chi connectivity index (χ0n) is 10.9. The highest BCUT2D eigenvalue weighted by Crippen LogP contribution is 2.32. The highest BCUT2D eigenvalue weighted by atomic mass is 35.5. The molecule has 3 nitrogen and oxygen atoms in total. The minimum atomic E-state index is -3.66. The maximum atomic E-state index is 12.3. The second kappa shape index (κ2) is 5.64. The highest BCUT2D eigenvalue weighted by molar-refractivity contribution is 7.92. The highest BCUT2D eigenvalue weighted by Gasteiger charge is 2.16. The lowest BCUT2D eigenvalue weighted by Gasteiger charge is -2.12. The smallest absolute Gasteiger partial charge is 0.261 e. The molecule has 0 fully saturated rings. The molecule has 2 aromatic carbocycles. The van der Waals surface area contributed by atoms with E-state index in [2.05, 4.69) is 4.72 Å². The summed E-state index contributed by atoms with van der Waals surface area (Å²) in [5, 5.41) is 0.793. The van der Waals surface area contributed by atoms with Gasteiger partial charge in [-0.25, -0.2) is 8.42 Å². The van der Waals surface area contributed by atoms with Gasteiger partial charge in [-0.3, -0.25) is 4.72 Å². The molecule has 0 saturated heterocycles. The van der Waals surface area contributed by atoms with Gasteiger partial charge in [-0.15, -0.1) is 0 Å². The number of rotatable bonds is 3. The lowest BCUT2D eigenvalue weighted by atomic mass is 10.2. The molecule has 0 aromatic heterocycles. The average Bonchev–Trinajstić information content (AvgIpc) is 2.40. The van der Waals surface area contributed by atoms with Crippen LogP contribution in [0.4, 0.5) is 5.69 Å². The molecule has 0 radical (unpaired) electrons. The Morgan fingerprint density at radius 1 is 0.950 bits per heavy atom. The number of aryl methyl sites for hydroxylation is 1. The van der Waals surface area contributed by atoms with E-state index in [0.29, 0.717) is 21.3 Å². The molecule has 0 unspecified atom stereocenters. The van der Waals surface area contributed by atoms with Gasteiger partial charge in [0.1, 0.15) is 0 Å². The van der Waals surface area contributed by atoms with Crippen LogP contribution in [0.25, 0.3) is 0 Å². The zero-order chi connectivity index (χ0) is 14.9. The second-order valence-corrected chi connectivity index (χ2v) is 6.92. The van der Waals surface area contributed by atoms with Crippen molar-refractivity contribution >= 4 is 38.9 Å². The van der Waals surface area contributed by atoms with Gasteiger partial charge in [-0.2, -0.15) is 0 Å². The van der Waals surface area contributed by atoms with E-state index in [4.69, 9.17) is 23.2 Å². The van der Waals surface area contributed by atoms with Crippen molar-refractivity contribution in [3.63, 3.8) is 0 Å². The Hall–Kier alpha value is -1.23. The van der Waals surface area contributed by atoms with E-state index in [1.54, 1.807) is 43.3 Å². The molecule has 1 N–H and O–H groups in total. The Labute approximate surface area is 128 Å². The summed E-state index contributed by atoms with van der Waals surface area (Å²) in [7, 11) is -3.66. The molecular weight excluding hydrogens is 317 g/mol. The molecule has 0 bridgehead atoms. The first-order valence-electron chi connectivity index (χ1n) is 5.85. The molecule has 20 heavy (non-hydrogen) atoms. The monoisotopic (exact) mass is 329 g/mol. The van der Waals surface area contributed by atoms with E-state index in [1.165, 1.54) is 0 Å². The van der Waals surface area contributed by atoms with Crippen molar-refractivity contribution in [1.29, 1.82) is 0 Å². The molecule has 0 aliphatic carbocycles. The molecule has 0 atom stereocenters. The topological polar surface area (TPSA) is 46.2 Å². The second-order valence-electron chi connectivity index (χ2n) is 4.45. The fraction of sp³-hybridized carbons (Fsp3) is 0.143. The molecule has 2 rings (SSSR count). The standard InChI is InChI=1S/C14H13Cl2NO2S/c1-9-3-5-11(6-4-9)20(18,19)17-13-8-7-12(15)10(2)14(13)16/h3-8,17H,1-2H3. The largest absolute Gasteiger partial charge is 0.278 e. The van der Waals surface area contributed by atoms with Crippen LogP contribution in [0.15, 0.2) is 41.3 Å². The quantitative estimate of drug-likeness (QED) is 0.906. The molecule has 0 aliphatic rings. The Morgan fingerprint density at radius 3 is 2.15 bits per heavy atom. The maximum Gasteiger partial charge on any atom is 0.261 e. The number of halogens is 2. The van der Waals surface area contributed by atoms with Gasteiger partial charge in [0.2, 0.25) is 0 Å². The first-order valence-corrected chi connectivity index (χ1v) is 8.09. The Bertz CT molecular complexity index is 741. The van der Waals surface area contributed by atoms with Gasteiger partial charge in [-0.1, -0.05) is 40.9 Å². The molecule has 6 heteroatoms. The van der Waals surface area contributed by atoms with Crippen LogP contribution in [-0.4, -0.2) is 8.42 Å². The summed E-state index contributed by atoms with van der Waals surface area (Å²) in [5.74, 6) is 0. The van der Waals surface area contributed by atoms with Crippen LogP contribution in [0.5, 0.6) is 0 Å². The van der Waals surface area contributed by atoms with Gasteiger partial charge >= 0.3 is 0 Å².